The molecule has 0 heterocycles. The first-order valence-electron chi connectivity index (χ1n) is 9.59. The number of anilines is 1. The second-order valence-corrected chi connectivity index (χ2v) is 7.76. The van der Waals surface area contributed by atoms with E-state index in [1.807, 2.05) is 30.3 Å². The molecule has 4 rings (SSSR count). The van der Waals surface area contributed by atoms with Gasteiger partial charge in [-0.1, -0.05) is 48.5 Å². The van der Waals surface area contributed by atoms with E-state index in [-0.39, 0.29) is 5.82 Å². The Bertz CT molecular complexity index is 1160. The second-order valence-electron chi connectivity index (χ2n) is 6.90. The number of hydrogen-bond acceptors (Lipinski definition) is 3. The summed E-state index contributed by atoms with van der Waals surface area (Å²) in [6.45, 7) is 0.962. The van der Waals surface area contributed by atoms with E-state index in [4.69, 9.17) is 9.47 Å². The maximum absolute atomic E-state index is 13.1. The van der Waals surface area contributed by atoms with Crippen LogP contribution in [0.3, 0.4) is 0 Å². The van der Waals surface area contributed by atoms with Crippen molar-refractivity contribution in [3.8, 4) is 11.5 Å². The molecule has 0 unspecified atom stereocenters. The minimum Gasteiger partial charge on any atom is -0.493 e. The van der Waals surface area contributed by atoms with Gasteiger partial charge in [0, 0.05) is 17.6 Å². The van der Waals surface area contributed by atoms with Crippen LogP contribution in [-0.4, -0.2) is 7.11 Å². The number of rotatable bonds is 7. The lowest BCUT2D eigenvalue weighted by molar-refractivity contribution is 0.282. The standard InChI is InChI=1S/C25H21BrFNO2/c1-29-24-14-18(15-28-23-8-4-6-19-5-2-3-7-21(19)23)13-22(26)25(24)30-16-17-9-11-20(27)12-10-17/h2-14,28H,15-16H2,1H3. The van der Waals surface area contributed by atoms with E-state index in [0.29, 0.717) is 24.7 Å². The predicted molar refractivity (Wildman–Crippen MR) is 123 cm³/mol. The maximum atomic E-state index is 13.1. The smallest absolute Gasteiger partial charge is 0.175 e. The molecule has 0 bridgehead atoms. The lowest BCUT2D eigenvalue weighted by Crippen LogP contribution is -2.03. The average Bonchev–Trinajstić information content (AvgIpc) is 2.77. The van der Waals surface area contributed by atoms with Crippen molar-refractivity contribution in [3.63, 3.8) is 0 Å². The SMILES string of the molecule is COc1cc(CNc2cccc3ccccc23)cc(Br)c1OCc1ccc(F)cc1. The molecule has 1 N–H and O–H groups in total. The molecule has 0 saturated heterocycles. The van der Waals surface area contributed by atoms with Gasteiger partial charge in [-0.3, -0.25) is 0 Å². The molecule has 3 nitrogen and oxygen atoms in total. The van der Waals surface area contributed by atoms with Gasteiger partial charge in [0.15, 0.2) is 11.5 Å². The number of methoxy groups -OCH3 is 1. The number of benzene rings is 4. The first-order chi connectivity index (χ1) is 14.6. The molecule has 152 valence electrons. The van der Waals surface area contributed by atoms with Crippen LogP contribution in [0.5, 0.6) is 11.5 Å². The highest BCUT2D eigenvalue weighted by atomic mass is 79.9. The first kappa shape index (κ1) is 20.2. The summed E-state index contributed by atoms with van der Waals surface area (Å²) >= 11 is 3.60. The van der Waals surface area contributed by atoms with Crippen molar-refractivity contribution in [1.29, 1.82) is 0 Å². The van der Waals surface area contributed by atoms with Crippen molar-refractivity contribution >= 4 is 32.4 Å². The van der Waals surface area contributed by atoms with Crippen LogP contribution in [0.1, 0.15) is 11.1 Å². The van der Waals surface area contributed by atoms with Gasteiger partial charge in [0.25, 0.3) is 0 Å². The zero-order valence-corrected chi connectivity index (χ0v) is 18.1. The minimum absolute atomic E-state index is 0.263. The highest BCUT2D eigenvalue weighted by Gasteiger charge is 2.12. The van der Waals surface area contributed by atoms with Gasteiger partial charge in [0.2, 0.25) is 0 Å². The zero-order valence-electron chi connectivity index (χ0n) is 16.5. The number of ether oxygens (including phenoxy) is 2. The second kappa shape index (κ2) is 9.18. The third-order valence-electron chi connectivity index (χ3n) is 4.86. The van der Waals surface area contributed by atoms with Gasteiger partial charge in [0.1, 0.15) is 12.4 Å². The van der Waals surface area contributed by atoms with Crippen molar-refractivity contribution in [2.75, 3.05) is 12.4 Å². The summed E-state index contributed by atoms with van der Waals surface area (Å²) in [6.07, 6.45) is 0. The van der Waals surface area contributed by atoms with Gasteiger partial charge in [-0.25, -0.2) is 4.39 Å². The molecule has 0 amide bonds. The summed E-state index contributed by atoms with van der Waals surface area (Å²) in [5.74, 6) is 0.998. The fraction of sp³-hybridized carbons (Fsp3) is 0.120. The van der Waals surface area contributed by atoms with E-state index < -0.39 is 0 Å². The summed E-state index contributed by atoms with van der Waals surface area (Å²) in [6, 6.07) is 24.8. The molecule has 0 fully saturated rings. The molecule has 0 spiro atoms. The lowest BCUT2D eigenvalue weighted by atomic mass is 10.1. The van der Waals surface area contributed by atoms with E-state index in [1.54, 1.807) is 19.2 Å². The Kier molecular flexibility index (Phi) is 6.19. The van der Waals surface area contributed by atoms with Crippen molar-refractivity contribution < 1.29 is 13.9 Å². The first-order valence-corrected chi connectivity index (χ1v) is 10.4. The van der Waals surface area contributed by atoms with Crippen LogP contribution in [0.15, 0.2) is 83.3 Å². The van der Waals surface area contributed by atoms with E-state index in [9.17, 15) is 4.39 Å². The molecular weight excluding hydrogens is 445 g/mol. The Labute approximate surface area is 183 Å². The van der Waals surface area contributed by atoms with Crippen LogP contribution in [0.2, 0.25) is 0 Å². The highest BCUT2D eigenvalue weighted by molar-refractivity contribution is 9.10. The van der Waals surface area contributed by atoms with Crippen LogP contribution >= 0.6 is 15.9 Å². The Balaban J connectivity index is 1.50. The molecule has 30 heavy (non-hydrogen) atoms. The third-order valence-corrected chi connectivity index (χ3v) is 5.45. The number of nitrogens with one attached hydrogen (secondary N) is 1. The number of fused-ring (bicyclic) bond motifs is 1. The Morgan fingerprint density at radius 1 is 0.900 bits per heavy atom. The Morgan fingerprint density at radius 3 is 2.47 bits per heavy atom. The summed E-state index contributed by atoms with van der Waals surface area (Å²) in [5, 5.41) is 5.90. The summed E-state index contributed by atoms with van der Waals surface area (Å²) in [4.78, 5) is 0. The van der Waals surface area contributed by atoms with Crippen molar-refractivity contribution in [1.82, 2.24) is 0 Å². The van der Waals surface area contributed by atoms with E-state index in [0.717, 1.165) is 21.3 Å². The third kappa shape index (κ3) is 4.57. The van der Waals surface area contributed by atoms with E-state index in [1.165, 1.54) is 22.9 Å². The molecule has 4 aromatic rings. The van der Waals surface area contributed by atoms with Crippen molar-refractivity contribution in [2.24, 2.45) is 0 Å². The van der Waals surface area contributed by atoms with Crippen molar-refractivity contribution in [2.45, 2.75) is 13.2 Å². The summed E-state index contributed by atoms with van der Waals surface area (Å²) < 4.78 is 25.4. The van der Waals surface area contributed by atoms with Gasteiger partial charge < -0.3 is 14.8 Å². The summed E-state index contributed by atoms with van der Waals surface area (Å²) in [5.41, 5.74) is 3.02. The highest BCUT2D eigenvalue weighted by Crippen LogP contribution is 2.37. The molecule has 0 atom stereocenters. The van der Waals surface area contributed by atoms with Gasteiger partial charge >= 0.3 is 0 Å². The topological polar surface area (TPSA) is 30.5 Å². The van der Waals surface area contributed by atoms with Gasteiger partial charge in [0.05, 0.1) is 11.6 Å². The molecule has 0 aliphatic heterocycles. The molecule has 0 aromatic heterocycles. The fourth-order valence-corrected chi connectivity index (χ4v) is 3.93. The number of halogens is 2. The zero-order chi connectivity index (χ0) is 20.9. The molecule has 5 heteroatoms. The normalized spacial score (nSPS) is 10.8. The van der Waals surface area contributed by atoms with E-state index >= 15 is 0 Å². The molecule has 0 saturated carbocycles. The van der Waals surface area contributed by atoms with Crippen LogP contribution in [0.25, 0.3) is 10.8 Å². The van der Waals surface area contributed by atoms with Gasteiger partial charge in [-0.05, 0) is 62.8 Å². The minimum atomic E-state index is -0.263. The van der Waals surface area contributed by atoms with Crippen molar-refractivity contribution in [3.05, 3.63) is 100 Å². The molecule has 0 aliphatic carbocycles. The molecular formula is C25H21BrFNO2. The average molecular weight is 466 g/mol. The molecule has 4 aromatic carbocycles. The van der Waals surface area contributed by atoms with Crippen LogP contribution < -0.4 is 14.8 Å². The Morgan fingerprint density at radius 2 is 1.67 bits per heavy atom. The van der Waals surface area contributed by atoms with Crippen LogP contribution in [0, 0.1) is 5.82 Å². The summed E-state index contributed by atoms with van der Waals surface area (Å²) in [7, 11) is 1.62. The number of hydrogen-bond donors (Lipinski definition) is 1. The lowest BCUT2D eigenvalue weighted by Gasteiger charge is -2.16. The monoisotopic (exact) mass is 465 g/mol. The maximum Gasteiger partial charge on any atom is 0.175 e. The van der Waals surface area contributed by atoms with E-state index in [2.05, 4.69) is 45.5 Å². The molecule has 0 radical (unpaired) electrons. The van der Waals surface area contributed by atoms with Gasteiger partial charge in [-0.15, -0.1) is 0 Å². The molecule has 0 aliphatic rings. The van der Waals surface area contributed by atoms with Crippen LogP contribution in [-0.2, 0) is 13.2 Å². The van der Waals surface area contributed by atoms with Gasteiger partial charge in [-0.2, -0.15) is 0 Å². The Hall–Kier alpha value is -3.05. The quantitative estimate of drug-likeness (QED) is 0.320. The predicted octanol–water partition coefficient (Wildman–Crippen LogP) is 6.94. The van der Waals surface area contributed by atoms with Crippen LogP contribution in [0.4, 0.5) is 10.1 Å². The fourth-order valence-electron chi connectivity index (χ4n) is 3.33. The largest absolute Gasteiger partial charge is 0.493 e.